The SMILES string of the molecule is CCN(Cc1ccc(OC)c(OC)c1)C(=O)CCOc1ccc(Cl)c(Cl)c1. The fraction of sp³-hybridized carbons (Fsp3) is 0.350. The number of hydrogen-bond donors (Lipinski definition) is 0. The van der Waals surface area contributed by atoms with Crippen molar-refractivity contribution in [2.75, 3.05) is 27.4 Å². The molecule has 0 radical (unpaired) electrons. The van der Waals surface area contributed by atoms with Gasteiger partial charge in [-0.1, -0.05) is 29.3 Å². The van der Waals surface area contributed by atoms with Crippen molar-refractivity contribution in [2.24, 2.45) is 0 Å². The van der Waals surface area contributed by atoms with E-state index in [1.54, 1.807) is 37.3 Å². The van der Waals surface area contributed by atoms with Crippen molar-refractivity contribution in [3.8, 4) is 17.2 Å². The van der Waals surface area contributed by atoms with Crippen molar-refractivity contribution < 1.29 is 19.0 Å². The Labute approximate surface area is 169 Å². The Morgan fingerprint density at radius 2 is 1.74 bits per heavy atom. The fourth-order valence-corrected chi connectivity index (χ4v) is 2.84. The smallest absolute Gasteiger partial charge is 0.226 e. The highest BCUT2D eigenvalue weighted by Crippen LogP contribution is 2.28. The first-order valence-corrected chi connectivity index (χ1v) is 9.30. The number of hydrogen-bond acceptors (Lipinski definition) is 4. The Morgan fingerprint density at radius 1 is 1.00 bits per heavy atom. The van der Waals surface area contributed by atoms with Crippen molar-refractivity contribution in [3.63, 3.8) is 0 Å². The molecular formula is C20H23Cl2NO4. The van der Waals surface area contributed by atoms with Crippen LogP contribution in [0.4, 0.5) is 0 Å². The molecule has 0 aliphatic heterocycles. The predicted octanol–water partition coefficient (Wildman–Crippen LogP) is 4.83. The van der Waals surface area contributed by atoms with Crippen molar-refractivity contribution >= 4 is 29.1 Å². The molecule has 146 valence electrons. The largest absolute Gasteiger partial charge is 0.493 e. The number of halogens is 2. The molecule has 2 aromatic carbocycles. The Balaban J connectivity index is 1.92. The summed E-state index contributed by atoms with van der Waals surface area (Å²) in [6, 6.07) is 10.6. The molecule has 5 nitrogen and oxygen atoms in total. The molecule has 0 bridgehead atoms. The van der Waals surface area contributed by atoms with Gasteiger partial charge in [0.15, 0.2) is 11.5 Å². The molecule has 0 fully saturated rings. The molecule has 0 spiro atoms. The molecule has 7 heteroatoms. The van der Waals surface area contributed by atoms with E-state index in [2.05, 4.69) is 0 Å². The summed E-state index contributed by atoms with van der Waals surface area (Å²) >= 11 is 11.8. The molecule has 0 aromatic heterocycles. The number of amides is 1. The van der Waals surface area contributed by atoms with Gasteiger partial charge in [-0.2, -0.15) is 0 Å². The molecule has 27 heavy (non-hydrogen) atoms. The number of carbonyl (C=O) groups is 1. The number of carbonyl (C=O) groups excluding carboxylic acids is 1. The molecule has 0 aliphatic rings. The Bertz CT molecular complexity index is 783. The lowest BCUT2D eigenvalue weighted by Gasteiger charge is -2.22. The van der Waals surface area contributed by atoms with Gasteiger partial charge in [-0.15, -0.1) is 0 Å². The van der Waals surface area contributed by atoms with E-state index in [9.17, 15) is 4.79 Å². The lowest BCUT2D eigenvalue weighted by Crippen LogP contribution is -2.31. The summed E-state index contributed by atoms with van der Waals surface area (Å²) < 4.78 is 16.2. The normalized spacial score (nSPS) is 10.4. The van der Waals surface area contributed by atoms with Crippen LogP contribution in [0.1, 0.15) is 18.9 Å². The Hall–Kier alpha value is -2.11. The van der Waals surface area contributed by atoms with Crippen molar-refractivity contribution in [3.05, 3.63) is 52.0 Å². The van der Waals surface area contributed by atoms with Crippen molar-refractivity contribution in [1.82, 2.24) is 4.90 Å². The van der Waals surface area contributed by atoms with Gasteiger partial charge in [-0.05, 0) is 36.8 Å². The first kappa shape index (κ1) is 21.2. The molecule has 2 aromatic rings. The third kappa shape index (κ3) is 5.94. The van der Waals surface area contributed by atoms with Crippen LogP contribution in [-0.2, 0) is 11.3 Å². The second-order valence-corrected chi connectivity index (χ2v) is 6.59. The van der Waals surface area contributed by atoms with Gasteiger partial charge in [0.2, 0.25) is 5.91 Å². The van der Waals surface area contributed by atoms with Crippen LogP contribution in [0.25, 0.3) is 0 Å². The summed E-state index contributed by atoms with van der Waals surface area (Å²) in [7, 11) is 3.18. The van der Waals surface area contributed by atoms with Crippen LogP contribution in [0.5, 0.6) is 17.2 Å². The van der Waals surface area contributed by atoms with Crippen LogP contribution >= 0.6 is 23.2 Å². The summed E-state index contributed by atoms with van der Waals surface area (Å²) in [5.74, 6) is 1.89. The van der Waals surface area contributed by atoms with Gasteiger partial charge in [0.25, 0.3) is 0 Å². The number of ether oxygens (including phenoxy) is 3. The van der Waals surface area contributed by atoms with Gasteiger partial charge < -0.3 is 19.1 Å². The van der Waals surface area contributed by atoms with E-state index < -0.39 is 0 Å². The minimum atomic E-state index is 0.00680. The fourth-order valence-electron chi connectivity index (χ4n) is 2.56. The lowest BCUT2D eigenvalue weighted by molar-refractivity contribution is -0.132. The highest BCUT2D eigenvalue weighted by atomic mass is 35.5. The Morgan fingerprint density at radius 3 is 2.37 bits per heavy atom. The lowest BCUT2D eigenvalue weighted by atomic mass is 10.2. The van der Waals surface area contributed by atoms with Gasteiger partial charge in [-0.25, -0.2) is 0 Å². The maximum absolute atomic E-state index is 12.5. The zero-order chi connectivity index (χ0) is 19.8. The van der Waals surface area contributed by atoms with E-state index in [1.165, 1.54) is 0 Å². The molecule has 0 heterocycles. The zero-order valence-corrected chi connectivity index (χ0v) is 17.1. The summed E-state index contributed by atoms with van der Waals surface area (Å²) in [6.07, 6.45) is 0.265. The highest BCUT2D eigenvalue weighted by molar-refractivity contribution is 6.42. The Kier molecular flexibility index (Phi) is 8.07. The summed E-state index contributed by atoms with van der Waals surface area (Å²) in [4.78, 5) is 14.3. The van der Waals surface area contributed by atoms with Crippen LogP contribution in [0.3, 0.4) is 0 Å². The third-order valence-electron chi connectivity index (χ3n) is 4.03. The third-order valence-corrected chi connectivity index (χ3v) is 4.77. The minimum absolute atomic E-state index is 0.00680. The first-order valence-electron chi connectivity index (χ1n) is 8.55. The topological polar surface area (TPSA) is 48.0 Å². The maximum atomic E-state index is 12.5. The van der Waals surface area contributed by atoms with Gasteiger partial charge in [0.1, 0.15) is 5.75 Å². The van der Waals surface area contributed by atoms with E-state index in [4.69, 9.17) is 37.4 Å². The maximum Gasteiger partial charge on any atom is 0.226 e. The van der Waals surface area contributed by atoms with Crippen LogP contribution in [0.2, 0.25) is 10.0 Å². The predicted molar refractivity (Wildman–Crippen MR) is 107 cm³/mol. The summed E-state index contributed by atoms with van der Waals surface area (Å²) in [6.45, 7) is 3.29. The van der Waals surface area contributed by atoms with E-state index in [0.29, 0.717) is 40.4 Å². The molecule has 0 unspecified atom stereocenters. The van der Waals surface area contributed by atoms with Crippen LogP contribution in [-0.4, -0.2) is 38.2 Å². The molecule has 2 rings (SSSR count). The van der Waals surface area contributed by atoms with Gasteiger partial charge in [0, 0.05) is 19.2 Å². The van der Waals surface area contributed by atoms with Crippen LogP contribution in [0, 0.1) is 0 Å². The van der Waals surface area contributed by atoms with Crippen LogP contribution in [0.15, 0.2) is 36.4 Å². The number of rotatable bonds is 9. The van der Waals surface area contributed by atoms with E-state index in [-0.39, 0.29) is 18.9 Å². The minimum Gasteiger partial charge on any atom is -0.493 e. The van der Waals surface area contributed by atoms with Crippen LogP contribution < -0.4 is 14.2 Å². The number of methoxy groups -OCH3 is 2. The molecule has 0 saturated carbocycles. The van der Waals surface area contributed by atoms with Crippen molar-refractivity contribution in [1.29, 1.82) is 0 Å². The van der Waals surface area contributed by atoms with Gasteiger partial charge in [0.05, 0.1) is 37.3 Å². The zero-order valence-electron chi connectivity index (χ0n) is 15.6. The molecule has 0 aliphatic carbocycles. The average Bonchev–Trinajstić information content (AvgIpc) is 2.68. The second kappa shape index (κ2) is 10.3. The summed E-state index contributed by atoms with van der Waals surface area (Å²) in [5, 5.41) is 0.885. The standard InChI is InChI=1S/C20H23Cl2NO4/c1-4-23(13-14-5-8-18(25-2)19(11-14)26-3)20(24)9-10-27-15-6-7-16(21)17(22)12-15/h5-8,11-12H,4,9-10,13H2,1-3H3. The first-order chi connectivity index (χ1) is 13.0. The number of nitrogens with zero attached hydrogens (tertiary/aromatic N) is 1. The average molecular weight is 412 g/mol. The van der Waals surface area contributed by atoms with Crippen molar-refractivity contribution in [2.45, 2.75) is 19.9 Å². The van der Waals surface area contributed by atoms with Gasteiger partial charge >= 0.3 is 0 Å². The number of benzene rings is 2. The highest BCUT2D eigenvalue weighted by Gasteiger charge is 2.14. The molecular weight excluding hydrogens is 389 g/mol. The van der Waals surface area contributed by atoms with Gasteiger partial charge in [-0.3, -0.25) is 4.79 Å². The molecule has 0 saturated heterocycles. The quantitative estimate of drug-likeness (QED) is 0.592. The monoisotopic (exact) mass is 411 g/mol. The van der Waals surface area contributed by atoms with E-state index >= 15 is 0 Å². The summed E-state index contributed by atoms with van der Waals surface area (Å²) in [5.41, 5.74) is 0.966. The molecule has 0 N–H and O–H groups in total. The molecule has 1 amide bonds. The van der Waals surface area contributed by atoms with E-state index in [0.717, 1.165) is 5.56 Å². The second-order valence-electron chi connectivity index (χ2n) is 5.77. The molecule has 0 atom stereocenters. The van der Waals surface area contributed by atoms with E-state index in [1.807, 2.05) is 25.1 Å².